The molecule has 0 spiro atoms. The second kappa shape index (κ2) is 8.14. The van der Waals surface area contributed by atoms with Gasteiger partial charge in [-0.15, -0.1) is 0 Å². The van der Waals surface area contributed by atoms with E-state index in [-0.39, 0.29) is 5.91 Å². The van der Waals surface area contributed by atoms with Gasteiger partial charge in [0.1, 0.15) is 5.75 Å². The molecule has 29 heavy (non-hydrogen) atoms. The van der Waals surface area contributed by atoms with E-state index < -0.39 is 0 Å². The van der Waals surface area contributed by atoms with Gasteiger partial charge in [0.15, 0.2) is 0 Å². The first-order valence-electron chi connectivity index (χ1n) is 9.42. The molecule has 0 aliphatic heterocycles. The van der Waals surface area contributed by atoms with E-state index in [0.717, 1.165) is 27.8 Å². The number of nitrogens with zero attached hydrogens (tertiary/aromatic N) is 3. The van der Waals surface area contributed by atoms with Gasteiger partial charge in [-0.25, -0.2) is 0 Å². The van der Waals surface area contributed by atoms with Crippen molar-refractivity contribution in [1.82, 2.24) is 20.1 Å². The van der Waals surface area contributed by atoms with Crippen LogP contribution in [0.1, 0.15) is 27.2 Å². The van der Waals surface area contributed by atoms with Crippen molar-refractivity contribution in [2.75, 3.05) is 7.11 Å². The van der Waals surface area contributed by atoms with Crippen molar-refractivity contribution in [2.45, 2.75) is 20.0 Å². The number of amides is 1. The van der Waals surface area contributed by atoms with E-state index in [1.54, 1.807) is 13.3 Å². The Bertz CT molecular complexity index is 1150. The molecule has 2 aromatic carbocycles. The summed E-state index contributed by atoms with van der Waals surface area (Å²) < 4.78 is 7.12. The smallest absolute Gasteiger partial charge is 0.253 e. The summed E-state index contributed by atoms with van der Waals surface area (Å²) in [4.78, 5) is 17.4. The van der Waals surface area contributed by atoms with Gasteiger partial charge in [0.25, 0.3) is 5.91 Å². The topological polar surface area (TPSA) is 69.0 Å². The molecule has 1 amide bonds. The highest BCUT2D eigenvalue weighted by Gasteiger charge is 2.13. The van der Waals surface area contributed by atoms with Crippen LogP contribution in [0.5, 0.6) is 5.75 Å². The molecule has 0 bridgehead atoms. The minimum atomic E-state index is -0.137. The van der Waals surface area contributed by atoms with Gasteiger partial charge in [-0.05, 0) is 42.3 Å². The van der Waals surface area contributed by atoms with Crippen LogP contribution in [0, 0.1) is 6.92 Å². The van der Waals surface area contributed by atoms with Gasteiger partial charge >= 0.3 is 0 Å². The first kappa shape index (κ1) is 18.7. The molecular formula is C23H22N4O2. The normalized spacial score (nSPS) is 10.8. The van der Waals surface area contributed by atoms with Gasteiger partial charge in [0.2, 0.25) is 0 Å². The van der Waals surface area contributed by atoms with Gasteiger partial charge < -0.3 is 10.1 Å². The molecule has 2 aromatic heterocycles. The Kier molecular flexibility index (Phi) is 5.24. The first-order valence-corrected chi connectivity index (χ1v) is 9.42. The minimum absolute atomic E-state index is 0.137. The number of carbonyl (C=O) groups is 1. The number of ether oxygens (including phenoxy) is 1. The maximum atomic E-state index is 12.8. The van der Waals surface area contributed by atoms with E-state index in [1.165, 1.54) is 0 Å². The van der Waals surface area contributed by atoms with Gasteiger partial charge in [-0.1, -0.05) is 24.3 Å². The zero-order valence-electron chi connectivity index (χ0n) is 16.4. The minimum Gasteiger partial charge on any atom is -0.497 e. The molecule has 0 radical (unpaired) electrons. The van der Waals surface area contributed by atoms with Crippen LogP contribution in [0.4, 0.5) is 0 Å². The number of aromatic nitrogens is 3. The lowest BCUT2D eigenvalue weighted by Crippen LogP contribution is -2.24. The number of nitrogens with one attached hydrogen (secondary N) is 1. The zero-order valence-corrected chi connectivity index (χ0v) is 16.4. The fourth-order valence-corrected chi connectivity index (χ4v) is 3.32. The number of methoxy groups -OCH3 is 1. The van der Waals surface area contributed by atoms with Crippen LogP contribution in [0.2, 0.25) is 0 Å². The third-order valence-electron chi connectivity index (χ3n) is 4.91. The van der Waals surface area contributed by atoms with E-state index in [4.69, 9.17) is 4.74 Å². The van der Waals surface area contributed by atoms with Gasteiger partial charge in [-0.3, -0.25) is 14.5 Å². The molecule has 0 saturated heterocycles. The van der Waals surface area contributed by atoms with Crippen molar-refractivity contribution in [2.24, 2.45) is 0 Å². The molecule has 6 nitrogen and oxygen atoms in total. The average molecular weight is 386 g/mol. The Balaban J connectivity index is 1.52. The Morgan fingerprint density at radius 1 is 1.10 bits per heavy atom. The predicted octanol–water partition coefficient (Wildman–Crippen LogP) is 3.73. The Morgan fingerprint density at radius 2 is 1.93 bits per heavy atom. The van der Waals surface area contributed by atoms with Crippen LogP contribution in [0.15, 0.2) is 67.0 Å². The van der Waals surface area contributed by atoms with Crippen LogP contribution in [-0.4, -0.2) is 27.8 Å². The quantitative estimate of drug-likeness (QED) is 0.548. The van der Waals surface area contributed by atoms with Crippen molar-refractivity contribution in [3.8, 4) is 5.75 Å². The lowest BCUT2D eigenvalue weighted by atomic mass is 10.1. The molecule has 6 heteroatoms. The molecule has 0 saturated carbocycles. The third-order valence-corrected chi connectivity index (χ3v) is 4.91. The summed E-state index contributed by atoms with van der Waals surface area (Å²) in [6.45, 7) is 2.95. The molecular weight excluding hydrogens is 364 g/mol. The maximum Gasteiger partial charge on any atom is 0.253 e. The molecule has 0 unspecified atom stereocenters. The highest BCUT2D eigenvalue weighted by atomic mass is 16.5. The summed E-state index contributed by atoms with van der Waals surface area (Å²) in [5.74, 6) is 0.608. The van der Waals surface area contributed by atoms with Gasteiger partial charge in [-0.2, -0.15) is 5.10 Å². The standard InChI is InChI=1S/C23H22N4O2/c1-16-21(12-17-8-9-20(29-2)13-22(17)26-16)23(28)24-14-18-6-3-4-7-19(18)15-27-11-5-10-25-27/h3-13H,14-15H2,1-2H3,(H,24,28). The molecule has 1 N–H and O–H groups in total. The van der Waals surface area contributed by atoms with Crippen molar-refractivity contribution in [3.05, 3.63) is 89.4 Å². The summed E-state index contributed by atoms with van der Waals surface area (Å²) >= 11 is 0. The van der Waals surface area contributed by atoms with Gasteiger partial charge in [0.05, 0.1) is 30.4 Å². The summed E-state index contributed by atoms with van der Waals surface area (Å²) in [5, 5.41) is 8.19. The van der Waals surface area contributed by atoms with Crippen LogP contribution in [0.25, 0.3) is 10.9 Å². The molecule has 146 valence electrons. The molecule has 0 fully saturated rings. The summed E-state index contributed by atoms with van der Waals surface area (Å²) in [7, 11) is 1.63. The number of benzene rings is 2. The Hall–Kier alpha value is -3.67. The largest absolute Gasteiger partial charge is 0.497 e. The third kappa shape index (κ3) is 4.11. The van der Waals surface area contributed by atoms with Crippen LogP contribution < -0.4 is 10.1 Å². The second-order valence-electron chi connectivity index (χ2n) is 6.84. The number of hydrogen-bond donors (Lipinski definition) is 1. The number of carbonyl (C=O) groups excluding carboxylic acids is 1. The maximum absolute atomic E-state index is 12.8. The predicted molar refractivity (Wildman–Crippen MR) is 112 cm³/mol. The number of fused-ring (bicyclic) bond motifs is 1. The molecule has 4 aromatic rings. The van der Waals surface area contributed by atoms with Crippen molar-refractivity contribution < 1.29 is 9.53 Å². The highest BCUT2D eigenvalue weighted by Crippen LogP contribution is 2.22. The van der Waals surface area contributed by atoms with E-state index in [2.05, 4.69) is 21.5 Å². The fourth-order valence-electron chi connectivity index (χ4n) is 3.32. The number of rotatable bonds is 6. The Morgan fingerprint density at radius 3 is 2.69 bits per heavy atom. The molecule has 2 heterocycles. The van der Waals surface area contributed by atoms with Crippen LogP contribution >= 0.6 is 0 Å². The number of pyridine rings is 1. The first-order chi connectivity index (χ1) is 14.1. The molecule has 4 rings (SSSR count). The molecule has 0 aliphatic carbocycles. The van der Waals surface area contributed by atoms with Crippen molar-refractivity contribution in [1.29, 1.82) is 0 Å². The SMILES string of the molecule is COc1ccc2cc(C(=O)NCc3ccccc3Cn3cccn3)c(C)nc2c1. The fraction of sp³-hybridized carbons (Fsp3) is 0.174. The summed E-state index contributed by atoms with van der Waals surface area (Å²) in [5.41, 5.74) is 4.26. The van der Waals surface area contributed by atoms with Crippen molar-refractivity contribution >= 4 is 16.8 Å². The van der Waals surface area contributed by atoms with Gasteiger partial charge in [0, 0.05) is 30.4 Å². The van der Waals surface area contributed by atoms with E-state index in [9.17, 15) is 4.79 Å². The lowest BCUT2D eigenvalue weighted by molar-refractivity contribution is 0.0950. The van der Waals surface area contributed by atoms with Crippen molar-refractivity contribution in [3.63, 3.8) is 0 Å². The van der Waals surface area contributed by atoms with E-state index in [0.29, 0.717) is 24.3 Å². The summed E-state index contributed by atoms with van der Waals surface area (Å²) in [6, 6.07) is 17.5. The highest BCUT2D eigenvalue weighted by molar-refractivity contribution is 5.98. The number of aryl methyl sites for hydroxylation is 1. The van der Waals surface area contributed by atoms with E-state index in [1.807, 2.05) is 66.3 Å². The van der Waals surface area contributed by atoms with Crippen LogP contribution in [0.3, 0.4) is 0 Å². The monoisotopic (exact) mass is 386 g/mol. The summed E-state index contributed by atoms with van der Waals surface area (Å²) in [6.07, 6.45) is 3.68. The second-order valence-corrected chi connectivity index (χ2v) is 6.84. The Labute approximate surface area is 169 Å². The molecule has 0 atom stereocenters. The van der Waals surface area contributed by atoms with E-state index >= 15 is 0 Å². The van der Waals surface area contributed by atoms with Crippen LogP contribution in [-0.2, 0) is 13.1 Å². The lowest BCUT2D eigenvalue weighted by Gasteiger charge is -2.12. The number of hydrogen-bond acceptors (Lipinski definition) is 4. The zero-order chi connectivity index (χ0) is 20.2. The average Bonchev–Trinajstić information content (AvgIpc) is 3.25. The molecule has 0 aliphatic rings.